The molecule has 0 spiro atoms. The van der Waals surface area contributed by atoms with Gasteiger partial charge in [0.2, 0.25) is 0 Å². The lowest BCUT2D eigenvalue weighted by Crippen LogP contribution is -2.19. The van der Waals surface area contributed by atoms with Gasteiger partial charge in [-0.05, 0) is 29.8 Å². The number of nitrogens with zero attached hydrogens (tertiary/aromatic N) is 3. The molecule has 34 heavy (non-hydrogen) atoms. The number of amides is 1. The van der Waals surface area contributed by atoms with Crippen molar-refractivity contribution in [3.8, 4) is 0 Å². The number of halogens is 5. The number of nitrogens with one attached hydrogen (secondary N) is 2. The van der Waals surface area contributed by atoms with E-state index in [0.29, 0.717) is 22.2 Å². The maximum atomic E-state index is 14.2. The molecule has 176 valence electrons. The number of rotatable bonds is 6. The van der Waals surface area contributed by atoms with Crippen LogP contribution < -0.4 is 10.8 Å². The number of hydrogen-bond acceptors (Lipinski definition) is 5. The molecule has 7 nitrogen and oxygen atoms in total. The fraction of sp³-hybridized carbons (Fsp3) is 0.136. The average molecular weight is 477 g/mol. The van der Waals surface area contributed by atoms with Gasteiger partial charge >= 0.3 is 6.18 Å². The fourth-order valence-electron chi connectivity index (χ4n) is 3.41. The molecule has 0 aliphatic carbocycles. The first-order valence-electron chi connectivity index (χ1n) is 9.79. The van der Waals surface area contributed by atoms with Gasteiger partial charge in [-0.2, -0.15) is 13.2 Å². The van der Waals surface area contributed by atoms with Crippen LogP contribution in [0.25, 0.3) is 10.9 Å². The van der Waals surface area contributed by atoms with E-state index in [-0.39, 0.29) is 24.3 Å². The van der Waals surface area contributed by atoms with Crippen molar-refractivity contribution in [1.82, 2.24) is 20.0 Å². The van der Waals surface area contributed by atoms with Gasteiger partial charge in [-0.1, -0.05) is 6.07 Å². The molecule has 3 aromatic heterocycles. The van der Waals surface area contributed by atoms with Gasteiger partial charge in [-0.3, -0.25) is 10.0 Å². The molecule has 0 aliphatic rings. The van der Waals surface area contributed by atoms with Crippen molar-refractivity contribution >= 4 is 22.5 Å². The maximum absolute atomic E-state index is 14.2. The van der Waals surface area contributed by atoms with Gasteiger partial charge in [-0.25, -0.2) is 24.2 Å². The van der Waals surface area contributed by atoms with E-state index in [0.717, 1.165) is 24.4 Å². The Morgan fingerprint density at radius 3 is 2.47 bits per heavy atom. The van der Waals surface area contributed by atoms with E-state index in [4.69, 9.17) is 5.21 Å². The molecule has 0 saturated heterocycles. The van der Waals surface area contributed by atoms with Gasteiger partial charge in [0.15, 0.2) is 0 Å². The Balaban J connectivity index is 1.67. The van der Waals surface area contributed by atoms with Crippen molar-refractivity contribution in [2.75, 3.05) is 5.32 Å². The molecule has 3 N–H and O–H groups in total. The van der Waals surface area contributed by atoms with Crippen LogP contribution in [0.1, 0.15) is 27.3 Å². The second kappa shape index (κ2) is 9.06. The smallest absolute Gasteiger partial charge is 0.380 e. The number of anilines is 1. The number of carbonyl (C=O) groups is 1. The largest absolute Gasteiger partial charge is 0.433 e. The molecular formula is C22H16F5N5O2. The van der Waals surface area contributed by atoms with E-state index >= 15 is 0 Å². The van der Waals surface area contributed by atoms with Crippen LogP contribution >= 0.6 is 0 Å². The monoisotopic (exact) mass is 477 g/mol. The molecule has 0 atom stereocenters. The summed E-state index contributed by atoms with van der Waals surface area (Å²) in [7, 11) is 0. The second-order valence-corrected chi connectivity index (χ2v) is 7.33. The van der Waals surface area contributed by atoms with Gasteiger partial charge in [0.1, 0.15) is 23.0 Å². The van der Waals surface area contributed by atoms with Crippen molar-refractivity contribution in [3.63, 3.8) is 0 Å². The highest BCUT2D eigenvalue weighted by Crippen LogP contribution is 2.28. The summed E-state index contributed by atoms with van der Waals surface area (Å²) < 4.78 is 67.3. The normalized spacial score (nSPS) is 11.6. The number of fused-ring (bicyclic) bond motifs is 1. The minimum Gasteiger partial charge on any atom is -0.380 e. The molecule has 1 aromatic carbocycles. The van der Waals surface area contributed by atoms with Gasteiger partial charge in [0.05, 0.1) is 30.1 Å². The summed E-state index contributed by atoms with van der Waals surface area (Å²) in [6, 6.07) is 6.70. The van der Waals surface area contributed by atoms with Crippen LogP contribution in [0.2, 0.25) is 0 Å². The Bertz CT molecular complexity index is 1350. The Morgan fingerprint density at radius 1 is 1.03 bits per heavy atom. The number of pyridine rings is 2. The van der Waals surface area contributed by atoms with Crippen molar-refractivity contribution in [2.24, 2.45) is 0 Å². The van der Waals surface area contributed by atoms with Gasteiger partial charge < -0.3 is 9.88 Å². The molecular weight excluding hydrogens is 461 g/mol. The minimum absolute atomic E-state index is 0.0255. The molecule has 4 rings (SSSR count). The van der Waals surface area contributed by atoms with Crippen molar-refractivity contribution < 1.29 is 32.0 Å². The van der Waals surface area contributed by atoms with Gasteiger partial charge in [0, 0.05) is 29.8 Å². The molecule has 0 bridgehead atoms. The first kappa shape index (κ1) is 23.1. The SMILES string of the molecule is O=C(NO)c1cc2c(CNc3ccc(C(F)(F)F)nc3)cn(Cc3ccc(F)cc3F)c2cn1. The maximum Gasteiger partial charge on any atom is 0.433 e. The third-order valence-corrected chi connectivity index (χ3v) is 5.08. The number of hydrogen-bond donors (Lipinski definition) is 3. The Hall–Kier alpha value is -4.06. The summed E-state index contributed by atoms with van der Waals surface area (Å²) >= 11 is 0. The highest BCUT2D eigenvalue weighted by molar-refractivity contribution is 5.96. The van der Waals surface area contributed by atoms with E-state index in [1.54, 1.807) is 10.8 Å². The van der Waals surface area contributed by atoms with E-state index in [2.05, 4.69) is 15.3 Å². The predicted molar refractivity (Wildman–Crippen MR) is 111 cm³/mol. The van der Waals surface area contributed by atoms with E-state index in [1.165, 1.54) is 29.9 Å². The van der Waals surface area contributed by atoms with Crippen LogP contribution in [0.15, 0.2) is 55.0 Å². The number of benzene rings is 1. The average Bonchev–Trinajstić information content (AvgIpc) is 3.15. The van der Waals surface area contributed by atoms with Crippen LogP contribution in [0.4, 0.5) is 27.6 Å². The van der Waals surface area contributed by atoms with Crippen LogP contribution in [0.3, 0.4) is 0 Å². The third-order valence-electron chi connectivity index (χ3n) is 5.08. The van der Waals surface area contributed by atoms with Gasteiger partial charge in [0.25, 0.3) is 5.91 Å². The Labute approximate surface area is 188 Å². The quantitative estimate of drug-likeness (QED) is 0.216. The van der Waals surface area contributed by atoms with E-state index < -0.39 is 29.4 Å². The molecule has 0 saturated carbocycles. The number of aromatic nitrogens is 3. The number of alkyl halides is 3. The summed E-state index contributed by atoms with van der Waals surface area (Å²) in [5.74, 6) is -2.29. The summed E-state index contributed by atoms with van der Waals surface area (Å²) in [4.78, 5) is 19.2. The zero-order valence-electron chi connectivity index (χ0n) is 17.2. The molecule has 3 heterocycles. The zero-order valence-corrected chi connectivity index (χ0v) is 17.2. The van der Waals surface area contributed by atoms with E-state index in [9.17, 15) is 26.7 Å². The highest BCUT2D eigenvalue weighted by atomic mass is 19.4. The van der Waals surface area contributed by atoms with E-state index in [1.807, 2.05) is 0 Å². The molecule has 1 amide bonds. The molecule has 0 aliphatic heterocycles. The summed E-state index contributed by atoms with van der Waals surface area (Å²) in [6.45, 7) is 0.143. The Kier molecular flexibility index (Phi) is 6.16. The van der Waals surface area contributed by atoms with Crippen molar-refractivity contribution in [2.45, 2.75) is 19.3 Å². The van der Waals surface area contributed by atoms with Gasteiger partial charge in [-0.15, -0.1) is 0 Å². The van der Waals surface area contributed by atoms with Crippen LogP contribution in [0.5, 0.6) is 0 Å². The summed E-state index contributed by atoms with van der Waals surface area (Å²) in [6.07, 6.45) is -0.495. The Morgan fingerprint density at radius 2 is 1.82 bits per heavy atom. The third kappa shape index (κ3) is 4.81. The number of carbonyl (C=O) groups excluding carboxylic acids is 1. The molecule has 0 unspecified atom stereocenters. The fourth-order valence-corrected chi connectivity index (χ4v) is 3.41. The minimum atomic E-state index is -4.56. The summed E-state index contributed by atoms with van der Waals surface area (Å²) in [5, 5.41) is 12.4. The topological polar surface area (TPSA) is 92.1 Å². The van der Waals surface area contributed by atoms with Crippen LogP contribution in [-0.2, 0) is 19.3 Å². The van der Waals surface area contributed by atoms with Crippen molar-refractivity contribution in [1.29, 1.82) is 0 Å². The zero-order chi connectivity index (χ0) is 24.5. The molecule has 0 fully saturated rings. The predicted octanol–water partition coefficient (Wildman–Crippen LogP) is 4.51. The highest BCUT2D eigenvalue weighted by Gasteiger charge is 2.32. The lowest BCUT2D eigenvalue weighted by atomic mass is 10.1. The number of hydroxylamine groups is 1. The first-order valence-corrected chi connectivity index (χ1v) is 9.79. The standard InChI is InChI=1S/C22H16F5N5O2/c23-14-2-1-12(17(24)5-14)10-32-11-13(16-6-18(21(33)31-34)29-9-19(16)32)7-28-15-3-4-20(30-8-15)22(25,26)27/h1-6,8-9,11,28,34H,7,10H2,(H,31,33). The summed E-state index contributed by atoms with van der Waals surface area (Å²) in [5.41, 5.74) is 2.03. The van der Waals surface area contributed by atoms with Crippen LogP contribution in [0, 0.1) is 11.6 Å². The first-order chi connectivity index (χ1) is 16.2. The van der Waals surface area contributed by atoms with Crippen LogP contribution in [-0.4, -0.2) is 25.6 Å². The molecule has 12 heteroatoms. The van der Waals surface area contributed by atoms with Crippen molar-refractivity contribution in [3.05, 3.63) is 89.1 Å². The lowest BCUT2D eigenvalue weighted by Gasteiger charge is -2.08. The second-order valence-electron chi connectivity index (χ2n) is 7.33. The molecule has 0 radical (unpaired) electrons. The lowest BCUT2D eigenvalue weighted by molar-refractivity contribution is -0.141. The molecule has 4 aromatic rings.